The predicted molar refractivity (Wildman–Crippen MR) is 74.7 cm³/mol. The number of hydrogen-bond donors (Lipinski definition) is 1. The van der Waals surface area contributed by atoms with Gasteiger partial charge in [-0.3, -0.25) is 14.9 Å². The Morgan fingerprint density at radius 3 is 2.62 bits per heavy atom. The van der Waals surface area contributed by atoms with E-state index in [1.165, 1.54) is 19.1 Å². The lowest BCUT2D eigenvalue weighted by Gasteiger charge is -2.15. The topological polar surface area (TPSA) is 116 Å². The second-order valence-corrected chi connectivity index (χ2v) is 6.02. The molecule has 1 unspecified atom stereocenters. The zero-order valence-electron chi connectivity index (χ0n) is 11.2. The predicted octanol–water partition coefficient (Wildman–Crippen LogP) is 0.962. The van der Waals surface area contributed by atoms with Gasteiger partial charge >= 0.3 is 0 Å². The number of rotatable bonds is 7. The van der Waals surface area contributed by atoms with Gasteiger partial charge in [0.1, 0.15) is 0 Å². The van der Waals surface area contributed by atoms with Gasteiger partial charge in [0, 0.05) is 18.7 Å². The highest BCUT2D eigenvalue weighted by Gasteiger charge is 2.26. The van der Waals surface area contributed by atoms with Crippen LogP contribution in [0.5, 0.6) is 0 Å². The number of Topliss-reactive ketones (excluding diaryl/α,β-unsaturated/α-hetero) is 1. The minimum absolute atomic E-state index is 0.319. The molecule has 0 bridgehead atoms. The van der Waals surface area contributed by atoms with Crippen LogP contribution in [0.1, 0.15) is 5.56 Å². The maximum Gasteiger partial charge on any atom is 0.273 e. The number of hydrogen-bond acceptors (Lipinski definition) is 6. The van der Waals surface area contributed by atoms with E-state index in [9.17, 15) is 23.3 Å². The first-order chi connectivity index (χ1) is 9.72. The molecule has 1 aromatic rings. The van der Waals surface area contributed by atoms with Crippen LogP contribution in [0.25, 0.3) is 0 Å². The molecule has 1 N–H and O–H groups in total. The van der Waals surface area contributed by atoms with E-state index in [4.69, 9.17) is 16.3 Å². The van der Waals surface area contributed by atoms with E-state index in [2.05, 4.69) is 0 Å². The Morgan fingerprint density at radius 1 is 1.52 bits per heavy atom. The maximum atomic E-state index is 12.1. The molecule has 116 valence electrons. The molecule has 8 nitrogen and oxygen atoms in total. The summed E-state index contributed by atoms with van der Waals surface area (Å²) in [6, 6.07) is 3.41. The van der Waals surface area contributed by atoms with E-state index in [1.54, 1.807) is 0 Å². The second kappa shape index (κ2) is 6.94. The quantitative estimate of drug-likeness (QED) is 0.343. The molecule has 0 saturated heterocycles. The minimum atomic E-state index is -4.16. The van der Waals surface area contributed by atoms with Crippen molar-refractivity contribution in [2.45, 2.75) is 18.0 Å². The molecule has 0 aliphatic carbocycles. The number of aryl methyl sites for hydroxylation is 1. The normalized spacial score (nSPS) is 12.9. The zero-order chi connectivity index (χ0) is 16.2. The highest BCUT2D eigenvalue weighted by atomic mass is 35.5. The standard InChI is InChI=1S/C11H13ClN2O6S/c1-7-3-4-8(5-9(7)14(16)17)21(18,19)13-11(20-2)10(15)6-12/h3-5,11,13H,6H2,1-2H3. The van der Waals surface area contributed by atoms with Crippen molar-refractivity contribution in [1.29, 1.82) is 0 Å². The number of ether oxygens (including phenoxy) is 1. The number of halogens is 1. The summed E-state index contributed by atoms with van der Waals surface area (Å²) in [5.74, 6) is -1.11. The summed E-state index contributed by atoms with van der Waals surface area (Å²) in [7, 11) is -3.02. The van der Waals surface area contributed by atoms with Gasteiger partial charge in [-0.25, -0.2) is 8.42 Å². The number of benzene rings is 1. The molecule has 0 aliphatic heterocycles. The Bertz CT molecular complexity index is 661. The average molecular weight is 337 g/mol. The number of carbonyl (C=O) groups is 1. The second-order valence-electron chi connectivity index (χ2n) is 4.04. The number of ketones is 1. The Hall–Kier alpha value is -1.55. The van der Waals surface area contributed by atoms with Crippen molar-refractivity contribution in [3.05, 3.63) is 33.9 Å². The first kappa shape index (κ1) is 17.5. The van der Waals surface area contributed by atoms with Crippen LogP contribution in [0, 0.1) is 17.0 Å². The van der Waals surface area contributed by atoms with E-state index < -0.39 is 32.8 Å². The fraction of sp³-hybridized carbons (Fsp3) is 0.364. The number of carbonyl (C=O) groups excluding carboxylic acids is 1. The van der Waals surface area contributed by atoms with Crippen molar-refractivity contribution in [2.75, 3.05) is 13.0 Å². The van der Waals surface area contributed by atoms with Crippen LogP contribution >= 0.6 is 11.6 Å². The summed E-state index contributed by atoms with van der Waals surface area (Å²) >= 11 is 5.33. The van der Waals surface area contributed by atoms with Gasteiger partial charge in [0.05, 0.1) is 15.7 Å². The molecule has 0 aromatic heterocycles. The summed E-state index contributed by atoms with van der Waals surface area (Å²) in [5, 5.41) is 10.8. The molecule has 1 aromatic carbocycles. The molecule has 0 aliphatic rings. The summed E-state index contributed by atoms with van der Waals surface area (Å²) < 4.78 is 30.9. The summed E-state index contributed by atoms with van der Waals surface area (Å²) in [5.41, 5.74) is -0.0189. The van der Waals surface area contributed by atoms with Gasteiger partial charge in [-0.1, -0.05) is 6.07 Å². The van der Waals surface area contributed by atoms with Crippen LogP contribution in [0.15, 0.2) is 23.1 Å². The molecule has 0 heterocycles. The number of methoxy groups -OCH3 is 1. The lowest BCUT2D eigenvalue weighted by atomic mass is 10.2. The Balaban J connectivity index is 3.16. The molecule has 0 amide bonds. The molecule has 0 spiro atoms. The van der Waals surface area contributed by atoms with Gasteiger partial charge < -0.3 is 4.74 Å². The van der Waals surface area contributed by atoms with E-state index in [0.717, 1.165) is 13.2 Å². The number of nitro benzene ring substituents is 1. The third-order valence-electron chi connectivity index (χ3n) is 2.61. The number of sulfonamides is 1. The summed E-state index contributed by atoms with van der Waals surface area (Å²) in [6.45, 7) is 1.48. The molecule has 0 radical (unpaired) electrons. The molecule has 1 atom stereocenters. The fourth-order valence-electron chi connectivity index (χ4n) is 1.48. The van der Waals surface area contributed by atoms with Crippen LogP contribution in [0.3, 0.4) is 0 Å². The molecular weight excluding hydrogens is 324 g/mol. The SMILES string of the molecule is COC(NS(=O)(=O)c1ccc(C)c([N+](=O)[O-])c1)C(=O)CCl. The Morgan fingerprint density at radius 2 is 2.14 bits per heavy atom. The van der Waals surface area contributed by atoms with Crippen LogP contribution in [0.4, 0.5) is 5.69 Å². The summed E-state index contributed by atoms with van der Waals surface area (Å²) in [6.07, 6.45) is -1.45. The van der Waals surface area contributed by atoms with Crippen LogP contribution < -0.4 is 4.72 Å². The van der Waals surface area contributed by atoms with Gasteiger partial charge in [0.2, 0.25) is 10.0 Å². The van der Waals surface area contributed by atoms with E-state index >= 15 is 0 Å². The van der Waals surface area contributed by atoms with Crippen molar-refractivity contribution in [3.8, 4) is 0 Å². The van der Waals surface area contributed by atoms with Crippen molar-refractivity contribution in [1.82, 2.24) is 4.72 Å². The van der Waals surface area contributed by atoms with Gasteiger partial charge in [0.15, 0.2) is 12.0 Å². The van der Waals surface area contributed by atoms with Crippen LogP contribution in [-0.2, 0) is 19.6 Å². The van der Waals surface area contributed by atoms with Gasteiger partial charge in [-0.2, -0.15) is 4.72 Å². The fourth-order valence-corrected chi connectivity index (χ4v) is 2.78. The molecular formula is C11H13ClN2O6S. The van der Waals surface area contributed by atoms with E-state index in [0.29, 0.717) is 5.56 Å². The number of nitrogens with one attached hydrogen (secondary N) is 1. The van der Waals surface area contributed by atoms with Crippen LogP contribution in [-0.4, -0.2) is 38.3 Å². The molecule has 0 saturated carbocycles. The molecule has 1 rings (SSSR count). The highest BCUT2D eigenvalue weighted by molar-refractivity contribution is 7.89. The van der Waals surface area contributed by atoms with Crippen molar-refractivity contribution in [3.63, 3.8) is 0 Å². The molecule has 0 fully saturated rings. The smallest absolute Gasteiger partial charge is 0.273 e. The number of alkyl halides is 1. The number of nitrogens with zero attached hydrogens (tertiary/aromatic N) is 1. The van der Waals surface area contributed by atoms with Crippen molar-refractivity contribution < 1.29 is 22.9 Å². The maximum absolute atomic E-state index is 12.1. The van der Waals surface area contributed by atoms with E-state index in [-0.39, 0.29) is 10.6 Å². The lowest BCUT2D eigenvalue weighted by molar-refractivity contribution is -0.385. The first-order valence-electron chi connectivity index (χ1n) is 5.61. The van der Waals surface area contributed by atoms with Crippen molar-refractivity contribution >= 4 is 33.1 Å². The average Bonchev–Trinajstić information content (AvgIpc) is 2.43. The van der Waals surface area contributed by atoms with Gasteiger partial charge in [-0.05, 0) is 13.0 Å². The molecule has 10 heteroatoms. The van der Waals surface area contributed by atoms with Crippen LogP contribution in [0.2, 0.25) is 0 Å². The third-order valence-corrected chi connectivity index (χ3v) is 4.27. The van der Waals surface area contributed by atoms with Gasteiger partial charge in [-0.15, -0.1) is 11.6 Å². The first-order valence-corrected chi connectivity index (χ1v) is 7.63. The largest absolute Gasteiger partial charge is 0.358 e. The minimum Gasteiger partial charge on any atom is -0.358 e. The monoisotopic (exact) mass is 336 g/mol. The van der Waals surface area contributed by atoms with Gasteiger partial charge in [0.25, 0.3) is 5.69 Å². The Labute approximate surface area is 126 Å². The number of nitro groups is 1. The molecule has 21 heavy (non-hydrogen) atoms. The highest BCUT2D eigenvalue weighted by Crippen LogP contribution is 2.22. The summed E-state index contributed by atoms with van der Waals surface area (Å²) in [4.78, 5) is 21.2. The third kappa shape index (κ3) is 4.21. The lowest BCUT2D eigenvalue weighted by Crippen LogP contribution is -2.42. The Kier molecular flexibility index (Phi) is 5.78. The zero-order valence-corrected chi connectivity index (χ0v) is 12.8. The van der Waals surface area contributed by atoms with Crippen molar-refractivity contribution in [2.24, 2.45) is 0 Å². The van der Waals surface area contributed by atoms with E-state index in [1.807, 2.05) is 4.72 Å².